The molecule has 0 saturated carbocycles. The molecule has 2 rings (SSSR count). The van der Waals surface area contributed by atoms with Gasteiger partial charge in [0.25, 0.3) is 11.8 Å². The number of carbonyl (C=O) groups is 3. The fourth-order valence-corrected chi connectivity index (χ4v) is 4.05. The van der Waals surface area contributed by atoms with Crippen LogP contribution in [0.15, 0.2) is 48.5 Å². The summed E-state index contributed by atoms with van der Waals surface area (Å²) in [5, 5.41) is 29.9. The molecule has 0 saturated heterocycles. The summed E-state index contributed by atoms with van der Waals surface area (Å²) in [5.74, 6) is -1.87. The topological polar surface area (TPSA) is 137 Å². The molecule has 5 N–H and O–H groups in total. The van der Waals surface area contributed by atoms with E-state index in [0.717, 1.165) is 12.0 Å². The molecule has 214 valence electrons. The molecule has 0 aliphatic rings. The van der Waals surface area contributed by atoms with Gasteiger partial charge in [-0.2, -0.15) is 0 Å². The second-order valence-corrected chi connectivity index (χ2v) is 10.4. The maximum atomic E-state index is 13.3. The van der Waals surface area contributed by atoms with Crippen molar-refractivity contribution in [1.82, 2.24) is 16.0 Å². The first-order valence-corrected chi connectivity index (χ1v) is 13.7. The van der Waals surface area contributed by atoms with Crippen molar-refractivity contribution in [3.05, 3.63) is 69.7 Å². The van der Waals surface area contributed by atoms with Gasteiger partial charge in [-0.3, -0.25) is 9.59 Å². The number of aliphatic hydroxyl groups excluding tert-OH is 2. The van der Waals surface area contributed by atoms with E-state index in [-0.39, 0.29) is 18.0 Å². The molecule has 0 bridgehead atoms. The molecule has 11 heteroatoms. The summed E-state index contributed by atoms with van der Waals surface area (Å²) < 4.78 is 5.41. The Kier molecular flexibility index (Phi) is 13.5. The summed E-state index contributed by atoms with van der Waals surface area (Å²) in [5.41, 5.74) is 1.45. The SMILES string of the molecule is CCCCNC(=O)C(O)C(O)C(Cc1ccc(Cl)c(Cl)c1)NC(=O)C(OC(=O)NCc1ccccc1)C(C)C. The van der Waals surface area contributed by atoms with E-state index in [4.69, 9.17) is 27.9 Å². The van der Waals surface area contributed by atoms with Gasteiger partial charge >= 0.3 is 6.09 Å². The van der Waals surface area contributed by atoms with E-state index in [0.29, 0.717) is 23.6 Å². The van der Waals surface area contributed by atoms with Crippen molar-refractivity contribution < 1.29 is 29.3 Å². The highest BCUT2D eigenvalue weighted by Gasteiger charge is 2.35. The first-order chi connectivity index (χ1) is 18.5. The van der Waals surface area contributed by atoms with Gasteiger partial charge < -0.3 is 30.9 Å². The van der Waals surface area contributed by atoms with Gasteiger partial charge in [0, 0.05) is 13.1 Å². The number of nitrogens with one attached hydrogen (secondary N) is 3. The molecule has 4 atom stereocenters. The Balaban J connectivity index is 2.16. The lowest BCUT2D eigenvalue weighted by Gasteiger charge is -2.30. The van der Waals surface area contributed by atoms with Crippen molar-refractivity contribution in [1.29, 1.82) is 0 Å². The largest absolute Gasteiger partial charge is 0.436 e. The summed E-state index contributed by atoms with van der Waals surface area (Å²) in [6.07, 6.45) is -3.94. The van der Waals surface area contributed by atoms with Gasteiger partial charge in [0.05, 0.1) is 16.1 Å². The van der Waals surface area contributed by atoms with Crippen LogP contribution >= 0.6 is 23.2 Å². The van der Waals surface area contributed by atoms with Crippen LogP contribution in [0.5, 0.6) is 0 Å². The number of rotatable bonds is 14. The molecule has 0 fully saturated rings. The zero-order valence-corrected chi connectivity index (χ0v) is 23.8. The third kappa shape index (κ3) is 10.7. The molecule has 4 unspecified atom stereocenters. The van der Waals surface area contributed by atoms with Crippen molar-refractivity contribution in [3.63, 3.8) is 0 Å². The first kappa shape index (κ1) is 32.4. The summed E-state index contributed by atoms with van der Waals surface area (Å²) in [4.78, 5) is 38.2. The van der Waals surface area contributed by atoms with Gasteiger partial charge in [-0.15, -0.1) is 0 Å². The van der Waals surface area contributed by atoms with Crippen LogP contribution in [0.25, 0.3) is 0 Å². The van der Waals surface area contributed by atoms with Crippen molar-refractivity contribution in [2.75, 3.05) is 6.54 Å². The number of ether oxygens (including phenoxy) is 1. The molecule has 0 heterocycles. The van der Waals surface area contributed by atoms with Crippen LogP contribution in [0.4, 0.5) is 4.79 Å². The minimum Gasteiger partial charge on any atom is -0.436 e. The van der Waals surface area contributed by atoms with E-state index >= 15 is 0 Å². The van der Waals surface area contributed by atoms with Crippen molar-refractivity contribution >= 4 is 41.1 Å². The summed E-state index contributed by atoms with van der Waals surface area (Å²) >= 11 is 12.1. The zero-order valence-electron chi connectivity index (χ0n) is 22.3. The number of alkyl carbamates (subject to hydrolysis) is 1. The van der Waals surface area contributed by atoms with E-state index in [9.17, 15) is 24.6 Å². The molecule has 0 spiro atoms. The lowest BCUT2D eigenvalue weighted by Crippen LogP contribution is -2.56. The van der Waals surface area contributed by atoms with Gasteiger partial charge in [0.2, 0.25) is 0 Å². The Labute approximate surface area is 239 Å². The fraction of sp³-hybridized carbons (Fsp3) is 0.464. The van der Waals surface area contributed by atoms with Crippen LogP contribution < -0.4 is 16.0 Å². The molecule has 2 aromatic carbocycles. The maximum absolute atomic E-state index is 13.3. The third-order valence-electron chi connectivity index (χ3n) is 5.98. The molecular weight excluding hydrogens is 545 g/mol. The van der Waals surface area contributed by atoms with Gasteiger partial charge in [0.15, 0.2) is 12.2 Å². The smallest absolute Gasteiger partial charge is 0.408 e. The number of amides is 3. The van der Waals surface area contributed by atoms with Crippen molar-refractivity contribution in [2.45, 2.75) is 70.9 Å². The Morgan fingerprint density at radius 3 is 2.23 bits per heavy atom. The molecular formula is C28H37Cl2N3O6. The predicted molar refractivity (Wildman–Crippen MR) is 150 cm³/mol. The Morgan fingerprint density at radius 2 is 1.62 bits per heavy atom. The van der Waals surface area contributed by atoms with Crippen LogP contribution in [0.3, 0.4) is 0 Å². The standard InChI is InChI=1S/C28H37Cl2N3O6/c1-4-5-13-31-26(36)24(35)23(34)22(15-19-11-12-20(29)21(30)14-19)33-27(37)25(17(2)3)39-28(38)32-16-18-9-7-6-8-10-18/h6-12,14,17,22-25,34-35H,4-5,13,15-16H2,1-3H3,(H,31,36)(H,32,38)(H,33,37). The Hall–Kier alpha value is -2.85. The molecule has 0 aliphatic heterocycles. The second kappa shape index (κ2) is 16.3. The van der Waals surface area contributed by atoms with Gasteiger partial charge in [-0.1, -0.05) is 86.8 Å². The highest BCUT2D eigenvalue weighted by molar-refractivity contribution is 6.42. The number of aliphatic hydroxyl groups is 2. The molecule has 9 nitrogen and oxygen atoms in total. The van der Waals surface area contributed by atoms with E-state index in [1.165, 1.54) is 0 Å². The van der Waals surface area contributed by atoms with E-state index in [1.54, 1.807) is 32.0 Å². The maximum Gasteiger partial charge on any atom is 0.408 e. The quantitative estimate of drug-likeness (QED) is 0.216. The Morgan fingerprint density at radius 1 is 0.923 bits per heavy atom. The predicted octanol–water partition coefficient (Wildman–Crippen LogP) is 3.61. The average Bonchev–Trinajstić information content (AvgIpc) is 2.91. The monoisotopic (exact) mass is 581 g/mol. The fourth-order valence-electron chi connectivity index (χ4n) is 3.73. The lowest BCUT2D eigenvalue weighted by molar-refractivity contribution is -0.140. The normalized spacial score (nSPS) is 14.2. The van der Waals surface area contributed by atoms with E-state index in [1.807, 2.05) is 37.3 Å². The third-order valence-corrected chi connectivity index (χ3v) is 6.72. The van der Waals surface area contributed by atoms with E-state index < -0.39 is 48.2 Å². The molecule has 2 aromatic rings. The van der Waals surface area contributed by atoms with E-state index in [2.05, 4.69) is 16.0 Å². The number of hydrogen-bond acceptors (Lipinski definition) is 6. The van der Waals surface area contributed by atoms with Gasteiger partial charge in [-0.25, -0.2) is 4.79 Å². The number of hydrogen-bond donors (Lipinski definition) is 5. The summed E-state index contributed by atoms with van der Waals surface area (Å²) in [6.45, 7) is 5.91. The molecule has 0 radical (unpaired) electrons. The van der Waals surface area contributed by atoms with Crippen LogP contribution in [0.2, 0.25) is 10.0 Å². The molecule has 0 aliphatic carbocycles. The molecule has 39 heavy (non-hydrogen) atoms. The van der Waals surface area contributed by atoms with Crippen molar-refractivity contribution in [3.8, 4) is 0 Å². The molecule has 3 amide bonds. The van der Waals surface area contributed by atoms with Crippen LogP contribution in [0, 0.1) is 5.92 Å². The van der Waals surface area contributed by atoms with Crippen LogP contribution in [-0.2, 0) is 27.3 Å². The minimum absolute atomic E-state index is 0.00805. The second-order valence-electron chi connectivity index (χ2n) is 9.56. The highest BCUT2D eigenvalue weighted by atomic mass is 35.5. The molecule has 0 aromatic heterocycles. The number of halogens is 2. The first-order valence-electron chi connectivity index (χ1n) is 12.9. The lowest BCUT2D eigenvalue weighted by atomic mass is 9.96. The van der Waals surface area contributed by atoms with Gasteiger partial charge in [0.1, 0.15) is 6.10 Å². The van der Waals surface area contributed by atoms with Crippen LogP contribution in [-0.4, -0.2) is 59.0 Å². The number of unbranched alkanes of at least 4 members (excludes halogenated alkanes) is 1. The minimum atomic E-state index is -1.82. The zero-order chi connectivity index (χ0) is 28.9. The summed E-state index contributed by atoms with van der Waals surface area (Å²) in [7, 11) is 0. The number of benzene rings is 2. The summed E-state index contributed by atoms with van der Waals surface area (Å²) in [6, 6.07) is 12.9. The van der Waals surface area contributed by atoms with Gasteiger partial charge in [-0.05, 0) is 42.0 Å². The van der Waals surface area contributed by atoms with Crippen LogP contribution in [0.1, 0.15) is 44.7 Å². The number of carbonyl (C=O) groups excluding carboxylic acids is 3. The average molecular weight is 583 g/mol. The highest BCUT2D eigenvalue weighted by Crippen LogP contribution is 2.24. The van der Waals surface area contributed by atoms with Crippen molar-refractivity contribution in [2.24, 2.45) is 5.92 Å². The Bertz CT molecular complexity index is 1090.